The zero-order valence-corrected chi connectivity index (χ0v) is 23.3. The molecule has 2 unspecified atom stereocenters. The maximum atomic E-state index is 14.0. The average Bonchev–Trinajstić information content (AvgIpc) is 2.91. The summed E-state index contributed by atoms with van der Waals surface area (Å²) in [5.41, 5.74) is 3.30. The van der Waals surface area contributed by atoms with E-state index in [0.29, 0.717) is 38.5 Å². The van der Waals surface area contributed by atoms with Crippen LogP contribution in [0.2, 0.25) is 0 Å². The zero-order chi connectivity index (χ0) is 27.1. The number of hydrogen-bond donors (Lipinski definition) is 2. The van der Waals surface area contributed by atoms with Crippen molar-refractivity contribution < 1.29 is 13.2 Å². The summed E-state index contributed by atoms with van der Waals surface area (Å²) in [6, 6.07) is 26.9. The standard InChI is InChI=1S/C31H39N3O3S/c1-23(2)30(26-12-8-5-9-13-26)22-34(21-25-10-6-4-7-11-25)31(35)27-18-28(20-32-19-27)33-38(36,37)29-16-14-24(3)15-17-29/h4-17,23,27-28,30,32-33H,18-22H2,1-3H3/t27-,28?,30?/m0/s1. The summed E-state index contributed by atoms with van der Waals surface area (Å²) in [7, 11) is -3.68. The molecule has 1 heterocycles. The normalized spacial score (nSPS) is 18.7. The molecular formula is C31H39N3O3S. The Labute approximate surface area is 227 Å². The first-order valence-electron chi connectivity index (χ1n) is 13.4. The molecule has 38 heavy (non-hydrogen) atoms. The first kappa shape index (κ1) is 28.0. The Bertz CT molecular complexity index is 1280. The molecular weight excluding hydrogens is 494 g/mol. The number of nitrogens with one attached hydrogen (secondary N) is 2. The number of carbonyl (C=O) groups excluding carboxylic acids is 1. The van der Waals surface area contributed by atoms with Gasteiger partial charge in [0.05, 0.1) is 10.8 Å². The number of rotatable bonds is 10. The minimum Gasteiger partial charge on any atom is -0.337 e. The largest absolute Gasteiger partial charge is 0.337 e. The van der Waals surface area contributed by atoms with E-state index >= 15 is 0 Å². The first-order chi connectivity index (χ1) is 18.2. The van der Waals surface area contributed by atoms with Crippen molar-refractivity contribution in [3.63, 3.8) is 0 Å². The van der Waals surface area contributed by atoms with Crippen molar-refractivity contribution >= 4 is 15.9 Å². The van der Waals surface area contributed by atoms with E-state index in [1.165, 1.54) is 5.56 Å². The molecule has 0 aliphatic carbocycles. The quantitative estimate of drug-likeness (QED) is 0.395. The Balaban J connectivity index is 1.52. The smallest absolute Gasteiger partial charge is 0.240 e. The van der Waals surface area contributed by atoms with Gasteiger partial charge in [-0.05, 0) is 42.5 Å². The fourth-order valence-electron chi connectivity index (χ4n) is 5.16. The highest BCUT2D eigenvalue weighted by atomic mass is 32.2. The summed E-state index contributed by atoms with van der Waals surface area (Å²) in [6.45, 7) is 8.46. The SMILES string of the molecule is Cc1ccc(S(=O)(=O)NC2CNC[C@@H](C(=O)N(Cc3ccccc3)CC(c3ccccc3)C(C)C)C2)cc1. The van der Waals surface area contributed by atoms with E-state index in [9.17, 15) is 13.2 Å². The molecule has 0 spiro atoms. The highest BCUT2D eigenvalue weighted by Gasteiger charge is 2.34. The van der Waals surface area contributed by atoms with Crippen molar-refractivity contribution in [2.45, 2.75) is 50.6 Å². The lowest BCUT2D eigenvalue weighted by Crippen LogP contribution is -2.53. The van der Waals surface area contributed by atoms with Crippen molar-refractivity contribution in [3.05, 3.63) is 102 Å². The molecule has 3 atom stereocenters. The second-order valence-corrected chi connectivity index (χ2v) is 12.4. The molecule has 0 radical (unpaired) electrons. The molecule has 1 amide bonds. The molecule has 4 rings (SSSR count). The molecule has 3 aromatic rings. The van der Waals surface area contributed by atoms with Gasteiger partial charge in [0.15, 0.2) is 0 Å². The molecule has 1 aliphatic heterocycles. The number of amides is 1. The molecule has 2 N–H and O–H groups in total. The summed E-state index contributed by atoms with van der Waals surface area (Å²) in [5, 5.41) is 3.30. The third-order valence-corrected chi connectivity index (χ3v) is 8.87. The van der Waals surface area contributed by atoms with Crippen LogP contribution in [0, 0.1) is 18.8 Å². The number of carbonyl (C=O) groups is 1. The average molecular weight is 534 g/mol. The van der Waals surface area contributed by atoms with Crippen molar-refractivity contribution in [2.75, 3.05) is 19.6 Å². The lowest BCUT2D eigenvalue weighted by molar-refractivity contribution is -0.137. The lowest BCUT2D eigenvalue weighted by Gasteiger charge is -2.36. The molecule has 3 aromatic carbocycles. The number of piperidine rings is 1. The lowest BCUT2D eigenvalue weighted by atomic mass is 9.87. The van der Waals surface area contributed by atoms with Gasteiger partial charge in [-0.1, -0.05) is 92.2 Å². The van der Waals surface area contributed by atoms with Gasteiger partial charge in [0.1, 0.15) is 0 Å². The van der Waals surface area contributed by atoms with Crippen LogP contribution in [0.25, 0.3) is 0 Å². The number of benzene rings is 3. The first-order valence-corrected chi connectivity index (χ1v) is 14.9. The molecule has 0 aromatic heterocycles. The van der Waals surface area contributed by atoms with E-state index < -0.39 is 10.0 Å². The van der Waals surface area contributed by atoms with Crippen LogP contribution in [0.1, 0.15) is 42.9 Å². The van der Waals surface area contributed by atoms with E-state index in [0.717, 1.165) is 11.1 Å². The molecule has 1 aliphatic rings. The topological polar surface area (TPSA) is 78.5 Å². The summed E-state index contributed by atoms with van der Waals surface area (Å²) < 4.78 is 28.8. The van der Waals surface area contributed by atoms with Gasteiger partial charge in [-0.2, -0.15) is 0 Å². The zero-order valence-electron chi connectivity index (χ0n) is 22.5. The fraction of sp³-hybridized carbons (Fsp3) is 0.387. The predicted molar refractivity (Wildman–Crippen MR) is 152 cm³/mol. The van der Waals surface area contributed by atoms with E-state index in [4.69, 9.17) is 0 Å². The Morgan fingerprint density at radius 1 is 0.947 bits per heavy atom. The van der Waals surface area contributed by atoms with Crippen molar-refractivity contribution in [1.82, 2.24) is 14.9 Å². The van der Waals surface area contributed by atoms with E-state index in [2.05, 4.69) is 36.0 Å². The monoisotopic (exact) mass is 533 g/mol. The summed E-state index contributed by atoms with van der Waals surface area (Å²) in [6.07, 6.45) is 0.458. The second-order valence-electron chi connectivity index (χ2n) is 10.7. The van der Waals surface area contributed by atoms with Gasteiger partial charge in [-0.25, -0.2) is 13.1 Å². The molecule has 0 bridgehead atoms. The van der Waals surface area contributed by atoms with Gasteiger partial charge in [0.2, 0.25) is 15.9 Å². The number of hydrogen-bond acceptors (Lipinski definition) is 4. The van der Waals surface area contributed by atoms with Gasteiger partial charge >= 0.3 is 0 Å². The van der Waals surface area contributed by atoms with Crippen LogP contribution < -0.4 is 10.0 Å². The maximum Gasteiger partial charge on any atom is 0.240 e. The van der Waals surface area contributed by atoms with E-state index in [1.807, 2.05) is 60.4 Å². The Morgan fingerprint density at radius 2 is 1.58 bits per heavy atom. The molecule has 6 nitrogen and oxygen atoms in total. The van der Waals surface area contributed by atoms with Crippen LogP contribution >= 0.6 is 0 Å². The predicted octanol–water partition coefficient (Wildman–Crippen LogP) is 4.72. The van der Waals surface area contributed by atoms with E-state index in [1.54, 1.807) is 24.3 Å². The van der Waals surface area contributed by atoms with Crippen LogP contribution in [-0.2, 0) is 21.4 Å². The van der Waals surface area contributed by atoms with Crippen LogP contribution in [0.4, 0.5) is 0 Å². The van der Waals surface area contributed by atoms with Crippen molar-refractivity contribution in [2.24, 2.45) is 11.8 Å². The Hall–Kier alpha value is -3.00. The molecule has 1 saturated heterocycles. The third-order valence-electron chi connectivity index (χ3n) is 7.33. The third kappa shape index (κ3) is 7.31. The minimum absolute atomic E-state index is 0.0576. The van der Waals surface area contributed by atoms with Gasteiger partial charge in [-0.15, -0.1) is 0 Å². The van der Waals surface area contributed by atoms with Gasteiger partial charge in [-0.3, -0.25) is 4.79 Å². The highest BCUT2D eigenvalue weighted by Crippen LogP contribution is 2.28. The van der Waals surface area contributed by atoms with Crippen LogP contribution in [-0.4, -0.2) is 44.9 Å². The summed E-state index contributed by atoms with van der Waals surface area (Å²) in [5.74, 6) is 0.280. The Kier molecular flexibility index (Phi) is 9.36. The van der Waals surface area contributed by atoms with Crippen LogP contribution in [0.15, 0.2) is 89.8 Å². The Morgan fingerprint density at radius 3 is 2.21 bits per heavy atom. The van der Waals surface area contributed by atoms with Crippen LogP contribution in [0.5, 0.6) is 0 Å². The van der Waals surface area contributed by atoms with E-state index in [-0.39, 0.29) is 28.7 Å². The number of sulfonamides is 1. The minimum atomic E-state index is -3.68. The van der Waals surface area contributed by atoms with Crippen molar-refractivity contribution in [3.8, 4) is 0 Å². The fourth-order valence-corrected chi connectivity index (χ4v) is 6.41. The van der Waals surface area contributed by atoms with Gasteiger partial charge in [0.25, 0.3) is 0 Å². The van der Waals surface area contributed by atoms with Gasteiger partial charge < -0.3 is 10.2 Å². The second kappa shape index (κ2) is 12.7. The number of aryl methyl sites for hydroxylation is 1. The summed E-state index contributed by atoms with van der Waals surface area (Å²) >= 11 is 0. The highest BCUT2D eigenvalue weighted by molar-refractivity contribution is 7.89. The van der Waals surface area contributed by atoms with Gasteiger partial charge in [0, 0.05) is 38.1 Å². The van der Waals surface area contributed by atoms with Crippen LogP contribution in [0.3, 0.4) is 0 Å². The molecule has 202 valence electrons. The molecule has 0 saturated carbocycles. The maximum absolute atomic E-state index is 14.0. The molecule has 1 fully saturated rings. The molecule has 7 heteroatoms. The van der Waals surface area contributed by atoms with Crippen molar-refractivity contribution in [1.29, 1.82) is 0 Å². The number of nitrogens with zero attached hydrogens (tertiary/aromatic N) is 1. The summed E-state index contributed by atoms with van der Waals surface area (Å²) in [4.78, 5) is 16.2.